The molecule has 0 saturated heterocycles. The molecule has 1 aliphatic carbocycles. The van der Waals surface area contributed by atoms with Gasteiger partial charge in [0, 0.05) is 0 Å². The SMILES string of the molecule is C/C=C/C=C/C(Cl)(Cl)C1=[C]([Zr+]=[C](C)C)CC=C1.[Cl-]. The number of allylic oxidation sites excluding steroid dienone is 8. The van der Waals surface area contributed by atoms with Crippen LogP contribution in [-0.2, 0) is 22.8 Å². The number of halogens is 3. The molecule has 0 bridgehead atoms. The Labute approximate surface area is 137 Å². The van der Waals surface area contributed by atoms with Gasteiger partial charge in [-0.05, 0) is 0 Å². The van der Waals surface area contributed by atoms with Crippen LogP contribution < -0.4 is 12.4 Å². The van der Waals surface area contributed by atoms with Gasteiger partial charge in [-0.15, -0.1) is 0 Å². The molecule has 0 unspecified atom stereocenters. The quantitative estimate of drug-likeness (QED) is 0.514. The van der Waals surface area contributed by atoms with Crippen molar-refractivity contribution in [2.75, 3.05) is 0 Å². The van der Waals surface area contributed by atoms with Crippen LogP contribution in [0.1, 0.15) is 27.2 Å². The van der Waals surface area contributed by atoms with E-state index in [-0.39, 0.29) is 12.4 Å². The zero-order chi connectivity index (χ0) is 12.9. The maximum Gasteiger partial charge on any atom is -1.00 e. The fraction of sp³-hybridized carbons (Fsp3) is 0.357. The topological polar surface area (TPSA) is 0 Å². The molecule has 0 heterocycles. The maximum absolute atomic E-state index is 6.41. The standard InChI is InChI=1S/C11H11Cl2.C3H6.ClH.Zr/c1-2-3-6-9-11(12,13)10-7-4-5-8-10;1-3-2;;/h2-4,6-7,9H,5H2,1H3;1-2H3;1H;/q;;;+1/p-1/b3-2+,9-6+;;;. The first-order valence-electron chi connectivity index (χ1n) is 5.63. The van der Waals surface area contributed by atoms with Crippen LogP contribution in [0.25, 0.3) is 0 Å². The van der Waals surface area contributed by atoms with Crippen molar-refractivity contribution < 1.29 is 35.2 Å². The summed E-state index contributed by atoms with van der Waals surface area (Å²) >= 11 is 12.2. The molecule has 0 aromatic rings. The third-order valence-electron chi connectivity index (χ3n) is 2.30. The number of hydrogen-bond donors (Lipinski definition) is 0. The first-order chi connectivity index (χ1) is 7.97. The van der Waals surface area contributed by atoms with Crippen LogP contribution >= 0.6 is 23.2 Å². The Morgan fingerprint density at radius 2 is 2.00 bits per heavy atom. The van der Waals surface area contributed by atoms with E-state index in [0.29, 0.717) is 0 Å². The summed E-state index contributed by atoms with van der Waals surface area (Å²) in [5, 5.41) is 0. The van der Waals surface area contributed by atoms with Gasteiger partial charge in [0.1, 0.15) is 0 Å². The average Bonchev–Trinajstić information content (AvgIpc) is 2.65. The Balaban J connectivity index is 0.00000289. The summed E-state index contributed by atoms with van der Waals surface area (Å²) in [6.45, 7) is 6.38. The first-order valence-corrected chi connectivity index (χ1v) is 8.84. The Morgan fingerprint density at radius 3 is 2.56 bits per heavy atom. The fourth-order valence-corrected chi connectivity index (χ4v) is 5.55. The van der Waals surface area contributed by atoms with Crippen LogP contribution in [0.3, 0.4) is 0 Å². The normalized spacial score (nSPS) is 15.4. The smallest absolute Gasteiger partial charge is 1.00 e. The van der Waals surface area contributed by atoms with Gasteiger partial charge in [0.2, 0.25) is 0 Å². The van der Waals surface area contributed by atoms with E-state index in [9.17, 15) is 0 Å². The molecule has 0 aromatic carbocycles. The molecule has 1 rings (SSSR count). The van der Waals surface area contributed by atoms with Crippen molar-refractivity contribution in [3.05, 3.63) is 45.3 Å². The largest absolute Gasteiger partial charge is 1.00 e. The van der Waals surface area contributed by atoms with Crippen molar-refractivity contribution in [3.8, 4) is 0 Å². The van der Waals surface area contributed by atoms with E-state index in [0.717, 1.165) is 12.0 Å². The molecular formula is C14H17Cl3Zr. The third-order valence-corrected chi connectivity index (χ3v) is 6.09. The van der Waals surface area contributed by atoms with Crippen molar-refractivity contribution >= 4 is 26.4 Å². The molecule has 0 aromatic heterocycles. The van der Waals surface area contributed by atoms with Crippen molar-refractivity contribution in [2.24, 2.45) is 0 Å². The molecule has 0 aliphatic heterocycles. The van der Waals surface area contributed by atoms with E-state index in [1.54, 1.807) is 3.21 Å². The predicted molar refractivity (Wildman–Crippen MR) is 75.5 cm³/mol. The van der Waals surface area contributed by atoms with Gasteiger partial charge in [-0.2, -0.15) is 0 Å². The molecule has 0 N–H and O–H groups in total. The molecule has 4 heteroatoms. The van der Waals surface area contributed by atoms with Gasteiger partial charge >= 0.3 is 126 Å². The second-order valence-corrected chi connectivity index (χ2v) is 10.1. The van der Waals surface area contributed by atoms with Crippen molar-refractivity contribution in [3.63, 3.8) is 0 Å². The van der Waals surface area contributed by atoms with E-state index in [2.05, 4.69) is 26.0 Å². The third kappa shape index (κ3) is 5.70. The summed E-state index contributed by atoms with van der Waals surface area (Å²) in [6, 6.07) is 0. The van der Waals surface area contributed by atoms with Crippen LogP contribution in [0, 0.1) is 0 Å². The van der Waals surface area contributed by atoms with Gasteiger partial charge in [0.15, 0.2) is 0 Å². The Hall–Kier alpha value is 0.583. The minimum absolute atomic E-state index is 0. The molecular weight excluding hydrogens is 366 g/mol. The van der Waals surface area contributed by atoms with Crippen LogP contribution in [0.15, 0.2) is 45.3 Å². The zero-order valence-corrected chi connectivity index (χ0v) is 15.5. The summed E-state index contributed by atoms with van der Waals surface area (Å²) in [5.74, 6) is 0. The van der Waals surface area contributed by atoms with Gasteiger partial charge in [-0.25, -0.2) is 0 Å². The Kier molecular flexibility index (Phi) is 8.98. The molecule has 1 aliphatic rings. The molecule has 0 nitrogen and oxygen atoms in total. The van der Waals surface area contributed by atoms with E-state index in [4.69, 9.17) is 23.2 Å². The van der Waals surface area contributed by atoms with E-state index < -0.39 is 27.1 Å². The molecule has 0 spiro atoms. The Bertz CT molecular complexity index is 422. The second-order valence-electron chi connectivity index (χ2n) is 4.13. The van der Waals surface area contributed by atoms with Crippen molar-refractivity contribution in [1.29, 1.82) is 0 Å². The summed E-state index contributed by atoms with van der Waals surface area (Å²) in [5.41, 5.74) is 1.11. The monoisotopic (exact) mass is 380 g/mol. The Morgan fingerprint density at radius 1 is 1.33 bits per heavy atom. The van der Waals surface area contributed by atoms with Gasteiger partial charge in [-0.3, -0.25) is 0 Å². The minimum atomic E-state index is -0.877. The van der Waals surface area contributed by atoms with Crippen LogP contribution in [0.5, 0.6) is 0 Å². The minimum Gasteiger partial charge on any atom is -1.00 e. The predicted octanol–water partition coefficient (Wildman–Crippen LogP) is 1.81. The van der Waals surface area contributed by atoms with E-state index in [1.807, 2.05) is 31.2 Å². The maximum atomic E-state index is 6.41. The van der Waals surface area contributed by atoms with Gasteiger partial charge in [-0.1, -0.05) is 0 Å². The molecule has 98 valence electrons. The summed E-state index contributed by atoms with van der Waals surface area (Å²) in [6.07, 6.45) is 12.9. The number of rotatable bonds is 4. The van der Waals surface area contributed by atoms with Crippen LogP contribution in [-0.4, -0.2) is 7.54 Å². The zero-order valence-electron chi connectivity index (χ0n) is 10.8. The van der Waals surface area contributed by atoms with Crippen LogP contribution in [0.2, 0.25) is 0 Å². The summed E-state index contributed by atoms with van der Waals surface area (Å²) < 4.78 is 2.16. The summed E-state index contributed by atoms with van der Waals surface area (Å²) in [4.78, 5) is 0. The number of alkyl halides is 2. The van der Waals surface area contributed by atoms with Gasteiger partial charge in [0.25, 0.3) is 0 Å². The van der Waals surface area contributed by atoms with Crippen molar-refractivity contribution in [2.45, 2.75) is 31.5 Å². The first kappa shape index (κ1) is 18.6. The molecule has 0 radical (unpaired) electrons. The number of hydrogen-bond acceptors (Lipinski definition) is 0. The fourth-order valence-electron chi connectivity index (χ4n) is 1.61. The summed E-state index contributed by atoms with van der Waals surface area (Å²) in [7, 11) is 0. The average molecular weight is 383 g/mol. The molecule has 0 fully saturated rings. The molecule has 18 heavy (non-hydrogen) atoms. The van der Waals surface area contributed by atoms with Gasteiger partial charge in [0.05, 0.1) is 0 Å². The van der Waals surface area contributed by atoms with E-state index >= 15 is 0 Å². The van der Waals surface area contributed by atoms with E-state index in [1.165, 1.54) is 3.28 Å². The molecule has 0 atom stereocenters. The van der Waals surface area contributed by atoms with Gasteiger partial charge < -0.3 is 12.4 Å². The molecule has 0 saturated carbocycles. The van der Waals surface area contributed by atoms with Crippen molar-refractivity contribution in [1.82, 2.24) is 0 Å². The molecule has 0 amide bonds. The van der Waals surface area contributed by atoms with Crippen LogP contribution in [0.4, 0.5) is 0 Å². The second kappa shape index (κ2) is 8.69.